The fourth-order valence-corrected chi connectivity index (χ4v) is 6.55. The first-order chi connectivity index (χ1) is 19.3. The van der Waals surface area contributed by atoms with Gasteiger partial charge in [0.2, 0.25) is 0 Å². The summed E-state index contributed by atoms with van der Waals surface area (Å²) in [6.45, 7) is 0. The van der Waals surface area contributed by atoms with E-state index in [4.69, 9.17) is 19.9 Å². The van der Waals surface area contributed by atoms with Crippen molar-refractivity contribution in [2.45, 2.75) is 0 Å². The Morgan fingerprint density at radius 2 is 0.974 bits per heavy atom. The first-order valence-electron chi connectivity index (χ1n) is 12.8. The van der Waals surface area contributed by atoms with E-state index in [1.54, 1.807) is 11.3 Å². The molecule has 3 heterocycles. The van der Waals surface area contributed by atoms with Crippen molar-refractivity contribution < 1.29 is 0 Å². The molecule has 4 nitrogen and oxygen atoms in total. The lowest BCUT2D eigenvalue weighted by molar-refractivity contribution is 1.07. The van der Waals surface area contributed by atoms with Crippen molar-refractivity contribution in [2.24, 2.45) is 0 Å². The zero-order valence-corrected chi connectivity index (χ0v) is 21.6. The van der Waals surface area contributed by atoms with E-state index < -0.39 is 0 Å². The van der Waals surface area contributed by atoms with Gasteiger partial charge in [-0.1, -0.05) is 109 Å². The molecule has 8 aromatic rings. The molecule has 0 aliphatic heterocycles. The van der Waals surface area contributed by atoms with Crippen LogP contribution in [0.5, 0.6) is 0 Å². The van der Waals surface area contributed by atoms with E-state index >= 15 is 0 Å². The second-order valence-electron chi connectivity index (χ2n) is 9.48. The van der Waals surface area contributed by atoms with Crippen molar-refractivity contribution in [3.8, 4) is 34.3 Å². The lowest BCUT2D eigenvalue weighted by atomic mass is 10.0. The predicted molar refractivity (Wildman–Crippen MR) is 162 cm³/mol. The molecule has 0 fully saturated rings. The number of hydrogen-bond acceptors (Lipinski definition) is 5. The number of aromatic nitrogens is 4. The molecule has 0 aliphatic rings. The van der Waals surface area contributed by atoms with Crippen molar-refractivity contribution in [1.29, 1.82) is 0 Å². The maximum atomic E-state index is 5.22. The van der Waals surface area contributed by atoms with Crippen LogP contribution in [0.25, 0.3) is 76.1 Å². The minimum absolute atomic E-state index is 0.573. The van der Waals surface area contributed by atoms with Gasteiger partial charge in [-0.05, 0) is 17.5 Å². The molecular weight excluding hydrogens is 496 g/mol. The van der Waals surface area contributed by atoms with Gasteiger partial charge in [0.15, 0.2) is 17.5 Å². The van der Waals surface area contributed by atoms with E-state index in [1.165, 1.54) is 20.2 Å². The van der Waals surface area contributed by atoms with Crippen LogP contribution in [0.4, 0.5) is 0 Å². The lowest BCUT2D eigenvalue weighted by Crippen LogP contribution is -2.02. The molecule has 0 saturated carbocycles. The summed E-state index contributed by atoms with van der Waals surface area (Å²) in [5.41, 5.74) is 3.58. The Bertz CT molecular complexity index is 2110. The van der Waals surface area contributed by atoms with Gasteiger partial charge in [-0.25, -0.2) is 19.9 Å². The minimum atomic E-state index is 0.573. The number of para-hydroxylation sites is 1. The molecule has 0 atom stereocenters. The summed E-state index contributed by atoms with van der Waals surface area (Å²) in [5, 5.41) is 5.83. The van der Waals surface area contributed by atoms with Crippen LogP contribution in [-0.4, -0.2) is 19.9 Å². The van der Waals surface area contributed by atoms with Crippen LogP contribution in [0.3, 0.4) is 0 Å². The number of fused-ring (bicyclic) bond motifs is 7. The normalized spacial score (nSPS) is 11.6. The van der Waals surface area contributed by atoms with Crippen molar-refractivity contribution in [2.75, 3.05) is 0 Å². The number of nitrogens with zero attached hydrogens (tertiary/aromatic N) is 4. The molecule has 0 bridgehead atoms. The van der Waals surface area contributed by atoms with E-state index in [2.05, 4.69) is 54.6 Å². The van der Waals surface area contributed by atoms with Crippen molar-refractivity contribution >= 4 is 53.2 Å². The number of benzene rings is 5. The summed E-state index contributed by atoms with van der Waals surface area (Å²) in [5.74, 6) is 1.83. The molecule has 182 valence electrons. The first-order valence-corrected chi connectivity index (χ1v) is 13.7. The summed E-state index contributed by atoms with van der Waals surface area (Å²) < 4.78 is 2.45. The highest BCUT2D eigenvalue weighted by atomic mass is 32.1. The molecule has 5 aromatic carbocycles. The highest BCUT2D eigenvalue weighted by Crippen LogP contribution is 2.43. The summed E-state index contributed by atoms with van der Waals surface area (Å²) in [4.78, 5) is 20.2. The van der Waals surface area contributed by atoms with Gasteiger partial charge in [-0.3, -0.25) is 0 Å². The quantitative estimate of drug-likeness (QED) is 0.220. The van der Waals surface area contributed by atoms with Crippen LogP contribution in [0.2, 0.25) is 0 Å². The molecule has 39 heavy (non-hydrogen) atoms. The van der Waals surface area contributed by atoms with Crippen LogP contribution in [0, 0.1) is 0 Å². The number of rotatable bonds is 3. The van der Waals surface area contributed by atoms with Crippen molar-refractivity contribution in [3.63, 3.8) is 0 Å². The van der Waals surface area contributed by atoms with E-state index in [-0.39, 0.29) is 0 Å². The Labute approximate surface area is 228 Å². The highest BCUT2D eigenvalue weighted by Gasteiger charge is 2.20. The third kappa shape index (κ3) is 3.59. The Kier molecular flexibility index (Phi) is 4.96. The fourth-order valence-electron chi connectivity index (χ4n) is 5.30. The summed E-state index contributed by atoms with van der Waals surface area (Å²) in [7, 11) is 0. The molecular formula is C34H20N4S. The Morgan fingerprint density at radius 3 is 1.69 bits per heavy atom. The molecule has 0 saturated heterocycles. The monoisotopic (exact) mass is 516 g/mol. The average molecular weight is 517 g/mol. The molecule has 3 aromatic heterocycles. The minimum Gasteiger partial charge on any atom is -0.244 e. The molecule has 0 N–H and O–H groups in total. The summed E-state index contributed by atoms with van der Waals surface area (Å²) in [6.07, 6.45) is 0. The average Bonchev–Trinajstić information content (AvgIpc) is 3.40. The molecule has 5 heteroatoms. The number of hydrogen-bond donors (Lipinski definition) is 0. The van der Waals surface area contributed by atoms with Crippen molar-refractivity contribution in [3.05, 3.63) is 121 Å². The number of pyridine rings is 1. The summed E-state index contributed by atoms with van der Waals surface area (Å²) >= 11 is 1.80. The van der Waals surface area contributed by atoms with Crippen LogP contribution in [0.1, 0.15) is 0 Å². The van der Waals surface area contributed by atoms with Gasteiger partial charge in [0.1, 0.15) is 5.69 Å². The maximum absolute atomic E-state index is 5.22. The second-order valence-corrected chi connectivity index (χ2v) is 10.5. The molecule has 0 spiro atoms. The molecule has 8 rings (SSSR count). The fraction of sp³-hybridized carbons (Fsp3) is 0. The standard InChI is InChI=1S/C34H20N4S/c1-3-11-21(12-4-1)32-36-33(22-13-5-2-6-14-22)38-34(37-32)30-29-25(23-15-7-9-17-27(23)35-30)19-20-26-24-16-8-10-18-28(24)39-31(26)29/h1-20H. The van der Waals surface area contributed by atoms with Crippen LogP contribution < -0.4 is 0 Å². The Balaban J connectivity index is 1.52. The second kappa shape index (κ2) is 8.79. The zero-order valence-electron chi connectivity index (χ0n) is 20.7. The van der Waals surface area contributed by atoms with Gasteiger partial charge in [0.25, 0.3) is 0 Å². The van der Waals surface area contributed by atoms with Gasteiger partial charge in [0, 0.05) is 42.1 Å². The SMILES string of the molecule is c1ccc(-c2nc(-c3ccccc3)nc(-c3nc4ccccc4c4ccc5c6ccccc6sc5c34)n2)cc1. The largest absolute Gasteiger partial charge is 0.244 e. The highest BCUT2D eigenvalue weighted by molar-refractivity contribution is 7.26. The van der Waals surface area contributed by atoms with Crippen LogP contribution in [-0.2, 0) is 0 Å². The lowest BCUT2D eigenvalue weighted by Gasteiger charge is -2.12. The van der Waals surface area contributed by atoms with E-state index in [0.29, 0.717) is 17.5 Å². The van der Waals surface area contributed by atoms with Crippen molar-refractivity contribution in [1.82, 2.24) is 19.9 Å². The zero-order chi connectivity index (χ0) is 25.8. The van der Waals surface area contributed by atoms with Gasteiger partial charge in [-0.15, -0.1) is 11.3 Å². The topological polar surface area (TPSA) is 51.6 Å². The van der Waals surface area contributed by atoms with E-state index in [9.17, 15) is 0 Å². The van der Waals surface area contributed by atoms with Gasteiger partial charge >= 0.3 is 0 Å². The smallest absolute Gasteiger partial charge is 0.183 e. The number of thiophene rings is 1. The molecule has 0 unspecified atom stereocenters. The van der Waals surface area contributed by atoms with Crippen LogP contribution >= 0.6 is 11.3 Å². The van der Waals surface area contributed by atoms with E-state index in [0.717, 1.165) is 38.5 Å². The summed E-state index contributed by atoms with van der Waals surface area (Å²) in [6, 6.07) is 41.5. The maximum Gasteiger partial charge on any atom is 0.183 e. The van der Waals surface area contributed by atoms with Crippen LogP contribution in [0.15, 0.2) is 121 Å². The van der Waals surface area contributed by atoms with Gasteiger partial charge in [0.05, 0.1) is 5.52 Å². The Morgan fingerprint density at radius 1 is 0.410 bits per heavy atom. The third-order valence-electron chi connectivity index (χ3n) is 7.12. The van der Waals surface area contributed by atoms with E-state index in [1.807, 2.05) is 66.7 Å². The van der Waals surface area contributed by atoms with Gasteiger partial charge < -0.3 is 0 Å². The predicted octanol–water partition coefficient (Wildman–Crippen LogP) is 8.94. The molecule has 0 amide bonds. The molecule has 0 radical (unpaired) electrons. The Hall–Kier alpha value is -5.00. The molecule has 0 aliphatic carbocycles. The van der Waals surface area contributed by atoms with Gasteiger partial charge in [-0.2, -0.15) is 0 Å². The first kappa shape index (κ1) is 22.0. The third-order valence-corrected chi connectivity index (χ3v) is 8.33.